The van der Waals surface area contributed by atoms with Crippen LogP contribution in [0.15, 0.2) is 42.5 Å². The van der Waals surface area contributed by atoms with Crippen LogP contribution in [-0.4, -0.2) is 36.1 Å². The summed E-state index contributed by atoms with van der Waals surface area (Å²) in [5.74, 6) is -0.205. The third kappa shape index (κ3) is 5.97. The minimum absolute atomic E-state index is 0.0352. The summed E-state index contributed by atoms with van der Waals surface area (Å²) in [7, 11) is 1.52. The molecule has 0 aliphatic rings. The molecule has 0 heterocycles. The molecule has 150 valence electrons. The van der Waals surface area contributed by atoms with Crippen LogP contribution in [0, 0.1) is 0 Å². The zero-order chi connectivity index (χ0) is 20.7. The molecule has 2 aromatic rings. The first-order valence-electron chi connectivity index (χ1n) is 9.01. The van der Waals surface area contributed by atoms with Gasteiger partial charge in [0.15, 0.2) is 0 Å². The number of amides is 2. The third-order valence-corrected chi connectivity index (χ3v) is 4.37. The van der Waals surface area contributed by atoms with Crippen molar-refractivity contribution in [3.05, 3.63) is 64.2 Å². The molecular weight excluding hydrogens is 380 g/mol. The quantitative estimate of drug-likeness (QED) is 0.631. The number of aliphatic hydroxyl groups is 1. The van der Waals surface area contributed by atoms with Crippen molar-refractivity contribution in [2.24, 2.45) is 0 Å². The van der Waals surface area contributed by atoms with Crippen molar-refractivity contribution in [2.45, 2.75) is 39.0 Å². The minimum Gasteiger partial charge on any atom is -0.489 e. The Morgan fingerprint density at radius 3 is 2.29 bits per heavy atom. The molecule has 0 aliphatic heterocycles. The van der Waals surface area contributed by atoms with Crippen LogP contribution >= 0.6 is 11.6 Å². The first kappa shape index (κ1) is 21.7. The van der Waals surface area contributed by atoms with Crippen molar-refractivity contribution in [1.82, 2.24) is 10.6 Å². The lowest BCUT2D eigenvalue weighted by atomic mass is 10.0. The van der Waals surface area contributed by atoms with Crippen LogP contribution in [0.4, 0.5) is 0 Å². The van der Waals surface area contributed by atoms with Gasteiger partial charge in [0.25, 0.3) is 5.91 Å². The summed E-state index contributed by atoms with van der Waals surface area (Å²) < 4.78 is 5.57. The van der Waals surface area contributed by atoms with Gasteiger partial charge in [-0.25, -0.2) is 0 Å². The van der Waals surface area contributed by atoms with E-state index in [4.69, 9.17) is 21.4 Å². The van der Waals surface area contributed by atoms with Gasteiger partial charge < -0.3 is 20.5 Å². The number of hydrogen-bond donors (Lipinski definition) is 3. The van der Waals surface area contributed by atoms with Gasteiger partial charge in [-0.15, -0.1) is 0 Å². The second-order valence-electron chi connectivity index (χ2n) is 6.63. The second kappa shape index (κ2) is 10.1. The number of aliphatic hydroxyl groups excluding tert-OH is 1. The second-order valence-corrected chi connectivity index (χ2v) is 7.04. The molecule has 0 fully saturated rings. The van der Waals surface area contributed by atoms with Gasteiger partial charge in [0.05, 0.1) is 17.7 Å². The normalized spacial score (nSPS) is 11.8. The van der Waals surface area contributed by atoms with Gasteiger partial charge in [-0.05, 0) is 43.2 Å². The lowest BCUT2D eigenvalue weighted by molar-refractivity contribution is -0.122. The SMILES string of the molecule is CNC(=O)[C@H](Cc1ccc(CO)cc1)NC(=O)c1ccc(OC(C)C)c(Cl)c1. The van der Waals surface area contributed by atoms with Gasteiger partial charge >= 0.3 is 0 Å². The fourth-order valence-electron chi connectivity index (χ4n) is 2.63. The molecule has 0 aliphatic carbocycles. The van der Waals surface area contributed by atoms with Gasteiger partial charge in [-0.1, -0.05) is 35.9 Å². The Hall–Kier alpha value is -2.57. The Kier molecular flexibility index (Phi) is 7.84. The summed E-state index contributed by atoms with van der Waals surface area (Å²) in [4.78, 5) is 24.9. The van der Waals surface area contributed by atoms with E-state index in [1.165, 1.54) is 13.1 Å². The maximum atomic E-state index is 12.6. The van der Waals surface area contributed by atoms with Crippen LogP contribution in [0.5, 0.6) is 5.75 Å². The Bertz CT molecular complexity index is 822. The van der Waals surface area contributed by atoms with Crippen LogP contribution in [-0.2, 0) is 17.8 Å². The average Bonchev–Trinajstić information content (AvgIpc) is 2.68. The van der Waals surface area contributed by atoms with E-state index in [2.05, 4.69) is 10.6 Å². The van der Waals surface area contributed by atoms with Crippen LogP contribution in [0.2, 0.25) is 5.02 Å². The van der Waals surface area contributed by atoms with E-state index >= 15 is 0 Å². The summed E-state index contributed by atoms with van der Waals surface area (Å²) in [5.41, 5.74) is 1.98. The van der Waals surface area contributed by atoms with Gasteiger partial charge in [0, 0.05) is 19.0 Å². The average molecular weight is 405 g/mol. The zero-order valence-electron chi connectivity index (χ0n) is 16.2. The van der Waals surface area contributed by atoms with Crippen molar-refractivity contribution in [2.75, 3.05) is 7.05 Å². The number of benzene rings is 2. The van der Waals surface area contributed by atoms with Crippen molar-refractivity contribution in [3.63, 3.8) is 0 Å². The Labute approximate surface area is 169 Å². The van der Waals surface area contributed by atoms with Gasteiger partial charge in [0.1, 0.15) is 11.8 Å². The number of nitrogens with one attached hydrogen (secondary N) is 2. The number of rotatable bonds is 8. The van der Waals surface area contributed by atoms with Crippen molar-refractivity contribution < 1.29 is 19.4 Å². The van der Waals surface area contributed by atoms with Crippen LogP contribution in [0.1, 0.15) is 35.3 Å². The van der Waals surface area contributed by atoms with Gasteiger partial charge in [0.2, 0.25) is 5.91 Å². The molecule has 0 aromatic heterocycles. The predicted molar refractivity (Wildman–Crippen MR) is 109 cm³/mol. The number of carbonyl (C=O) groups excluding carboxylic acids is 2. The number of carbonyl (C=O) groups is 2. The van der Waals surface area contributed by atoms with Crippen molar-refractivity contribution in [3.8, 4) is 5.75 Å². The number of halogens is 1. The molecule has 0 bridgehead atoms. The molecule has 3 N–H and O–H groups in total. The predicted octanol–water partition coefficient (Wildman–Crippen LogP) is 2.71. The topological polar surface area (TPSA) is 87.7 Å². The fourth-order valence-corrected chi connectivity index (χ4v) is 2.86. The van der Waals surface area contributed by atoms with E-state index in [0.29, 0.717) is 22.8 Å². The highest BCUT2D eigenvalue weighted by Gasteiger charge is 2.21. The van der Waals surface area contributed by atoms with Crippen molar-refractivity contribution in [1.29, 1.82) is 0 Å². The Morgan fingerprint density at radius 1 is 1.11 bits per heavy atom. The molecule has 0 saturated carbocycles. The zero-order valence-corrected chi connectivity index (χ0v) is 16.9. The molecule has 0 radical (unpaired) electrons. The maximum absolute atomic E-state index is 12.6. The summed E-state index contributed by atoms with van der Waals surface area (Å²) >= 11 is 6.20. The van der Waals surface area contributed by atoms with E-state index < -0.39 is 11.9 Å². The number of likely N-dealkylation sites (N-methyl/N-ethyl adjacent to an activating group) is 1. The fraction of sp³-hybridized carbons (Fsp3) is 0.333. The van der Waals surface area contributed by atoms with E-state index in [9.17, 15) is 9.59 Å². The third-order valence-electron chi connectivity index (χ3n) is 4.07. The molecule has 6 nitrogen and oxygen atoms in total. The molecular formula is C21H25ClN2O4. The summed E-state index contributed by atoms with van der Waals surface area (Å²) in [6, 6.07) is 11.2. The van der Waals surface area contributed by atoms with Crippen LogP contribution in [0.25, 0.3) is 0 Å². The van der Waals surface area contributed by atoms with Gasteiger partial charge in [-0.3, -0.25) is 9.59 Å². The Morgan fingerprint density at radius 2 is 1.75 bits per heavy atom. The monoisotopic (exact) mass is 404 g/mol. The van der Waals surface area contributed by atoms with E-state index in [0.717, 1.165) is 11.1 Å². The summed E-state index contributed by atoms with van der Waals surface area (Å²) in [6.45, 7) is 3.73. The smallest absolute Gasteiger partial charge is 0.251 e. The largest absolute Gasteiger partial charge is 0.489 e. The van der Waals surface area contributed by atoms with E-state index in [1.807, 2.05) is 26.0 Å². The molecule has 2 aromatic carbocycles. The summed E-state index contributed by atoms with van der Waals surface area (Å²) in [6.07, 6.45) is 0.284. The first-order chi connectivity index (χ1) is 13.3. The van der Waals surface area contributed by atoms with Crippen LogP contribution < -0.4 is 15.4 Å². The first-order valence-corrected chi connectivity index (χ1v) is 9.39. The lowest BCUT2D eigenvalue weighted by Gasteiger charge is -2.18. The summed E-state index contributed by atoms with van der Waals surface area (Å²) in [5, 5.41) is 14.8. The molecule has 7 heteroatoms. The number of ether oxygens (including phenoxy) is 1. The minimum atomic E-state index is -0.747. The highest BCUT2D eigenvalue weighted by atomic mass is 35.5. The highest BCUT2D eigenvalue weighted by Crippen LogP contribution is 2.26. The molecule has 1 atom stereocenters. The molecule has 2 amide bonds. The Balaban J connectivity index is 2.13. The van der Waals surface area contributed by atoms with Gasteiger partial charge in [-0.2, -0.15) is 0 Å². The number of hydrogen-bond acceptors (Lipinski definition) is 4. The van der Waals surface area contributed by atoms with E-state index in [1.54, 1.807) is 24.3 Å². The lowest BCUT2D eigenvalue weighted by Crippen LogP contribution is -2.47. The van der Waals surface area contributed by atoms with E-state index in [-0.39, 0.29) is 18.6 Å². The van der Waals surface area contributed by atoms with Crippen molar-refractivity contribution >= 4 is 23.4 Å². The molecule has 2 rings (SSSR count). The highest BCUT2D eigenvalue weighted by molar-refractivity contribution is 6.32. The molecule has 0 saturated heterocycles. The molecule has 0 spiro atoms. The molecule has 0 unspecified atom stereocenters. The molecule has 28 heavy (non-hydrogen) atoms. The standard InChI is InChI=1S/C21H25ClN2O4/c1-13(2)28-19-9-8-16(11-17(19)22)20(26)24-18(21(27)23-3)10-14-4-6-15(12-25)7-5-14/h4-9,11,13,18,25H,10,12H2,1-3H3,(H,23,27)(H,24,26)/t18-/m0/s1. The maximum Gasteiger partial charge on any atom is 0.251 e. The van der Waals surface area contributed by atoms with Crippen LogP contribution in [0.3, 0.4) is 0 Å².